The van der Waals surface area contributed by atoms with Crippen molar-refractivity contribution in [2.75, 3.05) is 0 Å². The molecule has 6 heteroatoms. The van der Waals surface area contributed by atoms with Crippen molar-refractivity contribution in [2.24, 2.45) is 0 Å². The van der Waals surface area contributed by atoms with Gasteiger partial charge in [-0.25, -0.2) is 15.0 Å². The minimum Gasteiger partial charge on any atom is -0.308 e. The average Bonchev–Trinajstić information content (AvgIpc) is 3.25. The van der Waals surface area contributed by atoms with Crippen molar-refractivity contribution >= 4 is 21.8 Å². The van der Waals surface area contributed by atoms with Crippen LogP contribution in [0.5, 0.6) is 0 Å². The first-order valence-electron chi connectivity index (χ1n) is 11.8. The Morgan fingerprint density at radius 2 is 1.32 bits per heavy atom. The normalized spacial score (nSPS) is 10.9. The molecule has 174 valence electrons. The van der Waals surface area contributed by atoms with Crippen LogP contribution >= 0.6 is 0 Å². The molecule has 0 amide bonds. The lowest BCUT2D eigenvalue weighted by Gasteiger charge is -2.14. The summed E-state index contributed by atoms with van der Waals surface area (Å²) in [7, 11) is 0. The zero-order valence-electron chi connectivity index (χ0n) is 20.3. The second kappa shape index (κ2) is 8.71. The van der Waals surface area contributed by atoms with Gasteiger partial charge in [0.1, 0.15) is 11.6 Å². The minimum atomic E-state index is 0.529. The Balaban J connectivity index is 1.70. The molecule has 0 aliphatic carbocycles. The summed E-state index contributed by atoms with van der Waals surface area (Å²) < 4.78 is 2.20. The molecule has 37 heavy (non-hydrogen) atoms. The van der Waals surface area contributed by atoms with Gasteiger partial charge < -0.3 is 4.57 Å². The Morgan fingerprint density at radius 3 is 2.11 bits per heavy atom. The maximum absolute atomic E-state index is 9.66. The summed E-state index contributed by atoms with van der Waals surface area (Å²) in [5, 5.41) is 21.3. The second-order valence-electron chi connectivity index (χ2n) is 8.87. The SMILES string of the molecule is Cc1nc(C)nc(-c2cc(C#N)ccc2-n2c3ccccc3c3ccc(-c4cccc(C#N)c4)cc32)n1. The van der Waals surface area contributed by atoms with E-state index in [1.807, 2.05) is 62.4 Å². The molecule has 0 atom stereocenters. The van der Waals surface area contributed by atoms with Gasteiger partial charge in [-0.2, -0.15) is 10.5 Å². The highest BCUT2D eigenvalue weighted by Crippen LogP contribution is 2.37. The number of benzene rings is 4. The zero-order valence-corrected chi connectivity index (χ0v) is 20.3. The Labute approximate surface area is 213 Å². The number of fused-ring (bicyclic) bond motifs is 3. The van der Waals surface area contributed by atoms with Gasteiger partial charge in [0, 0.05) is 16.3 Å². The molecule has 2 aromatic heterocycles. The van der Waals surface area contributed by atoms with Crippen LogP contribution in [0.25, 0.3) is 50.0 Å². The van der Waals surface area contributed by atoms with Crippen LogP contribution in [0.15, 0.2) is 84.9 Å². The average molecular weight is 477 g/mol. The van der Waals surface area contributed by atoms with Gasteiger partial charge in [0.25, 0.3) is 0 Å². The number of nitrogens with zero attached hydrogens (tertiary/aromatic N) is 6. The van der Waals surface area contributed by atoms with Crippen LogP contribution in [0, 0.1) is 36.5 Å². The molecule has 2 heterocycles. The van der Waals surface area contributed by atoms with Crippen LogP contribution in [-0.2, 0) is 0 Å². The third kappa shape index (κ3) is 3.78. The number of nitriles is 2. The Kier molecular flexibility index (Phi) is 5.22. The molecule has 6 aromatic rings. The molecular weight excluding hydrogens is 456 g/mol. The molecule has 6 rings (SSSR count). The number of hydrogen-bond donors (Lipinski definition) is 0. The van der Waals surface area contributed by atoms with E-state index in [9.17, 15) is 10.5 Å². The van der Waals surface area contributed by atoms with Gasteiger partial charge in [-0.3, -0.25) is 0 Å². The summed E-state index contributed by atoms with van der Waals surface area (Å²) in [6, 6.07) is 32.3. The number of aromatic nitrogens is 4. The zero-order chi connectivity index (χ0) is 25.5. The molecule has 0 saturated carbocycles. The summed E-state index contributed by atoms with van der Waals surface area (Å²) in [4.78, 5) is 13.6. The van der Waals surface area contributed by atoms with Crippen molar-refractivity contribution in [2.45, 2.75) is 13.8 Å². The van der Waals surface area contributed by atoms with Gasteiger partial charge >= 0.3 is 0 Å². The highest BCUT2D eigenvalue weighted by atomic mass is 15.0. The van der Waals surface area contributed by atoms with E-state index in [4.69, 9.17) is 0 Å². The molecule has 0 unspecified atom stereocenters. The number of para-hydroxylation sites is 1. The Morgan fingerprint density at radius 1 is 0.622 bits per heavy atom. The molecule has 0 aliphatic heterocycles. The van der Waals surface area contributed by atoms with Gasteiger partial charge in [0.05, 0.1) is 40.0 Å². The lowest BCUT2D eigenvalue weighted by atomic mass is 10.0. The maximum Gasteiger partial charge on any atom is 0.165 e. The largest absolute Gasteiger partial charge is 0.308 e. The summed E-state index contributed by atoms with van der Waals surface area (Å²) in [5.41, 5.74) is 6.81. The minimum absolute atomic E-state index is 0.529. The quantitative estimate of drug-likeness (QED) is 0.285. The molecular formula is C31H20N6. The van der Waals surface area contributed by atoms with Crippen LogP contribution in [0.1, 0.15) is 22.8 Å². The van der Waals surface area contributed by atoms with E-state index in [-0.39, 0.29) is 0 Å². The fourth-order valence-electron chi connectivity index (χ4n) is 4.89. The first-order chi connectivity index (χ1) is 18.1. The first-order valence-corrected chi connectivity index (χ1v) is 11.8. The van der Waals surface area contributed by atoms with Crippen LogP contribution in [0.3, 0.4) is 0 Å². The van der Waals surface area contributed by atoms with E-state index in [0.717, 1.165) is 44.2 Å². The van der Waals surface area contributed by atoms with E-state index < -0.39 is 0 Å². The molecule has 0 radical (unpaired) electrons. The molecule has 0 bridgehead atoms. The first kappa shape index (κ1) is 22.2. The molecule has 4 aromatic carbocycles. The third-order valence-corrected chi connectivity index (χ3v) is 6.47. The van der Waals surface area contributed by atoms with Crippen LogP contribution < -0.4 is 0 Å². The van der Waals surface area contributed by atoms with E-state index in [1.165, 1.54) is 0 Å². The van der Waals surface area contributed by atoms with Gasteiger partial charge in [0.2, 0.25) is 0 Å². The summed E-state index contributed by atoms with van der Waals surface area (Å²) in [6.45, 7) is 3.68. The van der Waals surface area contributed by atoms with Gasteiger partial charge in [-0.15, -0.1) is 0 Å². The highest BCUT2D eigenvalue weighted by molar-refractivity contribution is 6.10. The van der Waals surface area contributed by atoms with E-state index in [0.29, 0.717) is 28.6 Å². The monoisotopic (exact) mass is 476 g/mol. The third-order valence-electron chi connectivity index (χ3n) is 6.47. The number of hydrogen-bond acceptors (Lipinski definition) is 5. The summed E-state index contributed by atoms with van der Waals surface area (Å²) in [5.74, 6) is 1.77. The molecule has 0 saturated heterocycles. The topological polar surface area (TPSA) is 91.2 Å². The van der Waals surface area contributed by atoms with E-state index in [2.05, 4.69) is 62.0 Å². The van der Waals surface area contributed by atoms with Crippen molar-refractivity contribution in [3.8, 4) is 40.3 Å². The molecule has 0 spiro atoms. The number of aryl methyl sites for hydroxylation is 2. The van der Waals surface area contributed by atoms with Crippen molar-refractivity contribution in [1.82, 2.24) is 19.5 Å². The van der Waals surface area contributed by atoms with Gasteiger partial charge in [-0.05, 0) is 67.4 Å². The van der Waals surface area contributed by atoms with Crippen molar-refractivity contribution in [3.63, 3.8) is 0 Å². The van der Waals surface area contributed by atoms with Crippen LogP contribution in [-0.4, -0.2) is 19.5 Å². The summed E-state index contributed by atoms with van der Waals surface area (Å²) in [6.07, 6.45) is 0. The predicted octanol–water partition coefficient (Wildman–Crippen LogP) is 6.66. The lowest BCUT2D eigenvalue weighted by Crippen LogP contribution is -2.03. The molecule has 0 N–H and O–H groups in total. The molecule has 0 fully saturated rings. The van der Waals surface area contributed by atoms with E-state index >= 15 is 0 Å². The van der Waals surface area contributed by atoms with Gasteiger partial charge in [-0.1, -0.05) is 42.5 Å². The highest BCUT2D eigenvalue weighted by Gasteiger charge is 2.18. The Hall–Kier alpha value is -5.33. The fourth-order valence-corrected chi connectivity index (χ4v) is 4.89. The second-order valence-corrected chi connectivity index (χ2v) is 8.87. The number of rotatable bonds is 3. The van der Waals surface area contributed by atoms with Crippen molar-refractivity contribution in [3.05, 3.63) is 108 Å². The van der Waals surface area contributed by atoms with Crippen molar-refractivity contribution in [1.29, 1.82) is 10.5 Å². The predicted molar refractivity (Wildman–Crippen MR) is 144 cm³/mol. The standard InChI is InChI=1S/C31H20N6/c1-19-34-20(2)36-31(35-19)27-15-22(18-33)10-13-29(27)37-28-9-4-3-8-25(28)26-12-11-24(16-30(26)37)23-7-5-6-21(14-23)17-32/h3-16H,1-2H3. The van der Waals surface area contributed by atoms with Gasteiger partial charge in [0.15, 0.2) is 5.82 Å². The Bertz CT molecular complexity index is 1910. The smallest absolute Gasteiger partial charge is 0.165 e. The maximum atomic E-state index is 9.66. The fraction of sp³-hybridized carbons (Fsp3) is 0.0645. The van der Waals surface area contributed by atoms with Crippen LogP contribution in [0.4, 0.5) is 0 Å². The lowest BCUT2D eigenvalue weighted by molar-refractivity contribution is 0.926. The van der Waals surface area contributed by atoms with E-state index in [1.54, 1.807) is 6.07 Å². The van der Waals surface area contributed by atoms with Crippen molar-refractivity contribution < 1.29 is 0 Å². The molecule has 6 nitrogen and oxygen atoms in total. The van der Waals surface area contributed by atoms with Crippen LogP contribution in [0.2, 0.25) is 0 Å². The molecule has 0 aliphatic rings. The summed E-state index contributed by atoms with van der Waals surface area (Å²) >= 11 is 0.